The van der Waals surface area contributed by atoms with Crippen LogP contribution in [-0.2, 0) is 5.41 Å². The Morgan fingerprint density at radius 2 is 1.69 bits per heavy atom. The summed E-state index contributed by atoms with van der Waals surface area (Å²) in [4.78, 5) is 27.5. The third kappa shape index (κ3) is 3.24. The van der Waals surface area contributed by atoms with E-state index in [0.29, 0.717) is 11.3 Å². The first kappa shape index (κ1) is 21.1. The molecule has 7 nitrogen and oxygen atoms in total. The van der Waals surface area contributed by atoms with Crippen LogP contribution in [0.2, 0.25) is 0 Å². The van der Waals surface area contributed by atoms with Gasteiger partial charge < -0.3 is 10.6 Å². The van der Waals surface area contributed by atoms with Gasteiger partial charge in [0.1, 0.15) is 0 Å². The van der Waals surface area contributed by atoms with Crippen molar-refractivity contribution >= 4 is 22.5 Å². The molecule has 2 aliphatic heterocycles. The number of hydrogen-bond donors (Lipinski definition) is 3. The first-order valence-electron chi connectivity index (χ1n) is 12.9. The van der Waals surface area contributed by atoms with Crippen molar-refractivity contribution in [3.63, 3.8) is 0 Å². The molecule has 1 saturated heterocycles. The highest BCUT2D eigenvalue weighted by atomic mass is 16.2. The summed E-state index contributed by atoms with van der Waals surface area (Å²) in [6.07, 6.45) is 6.36. The van der Waals surface area contributed by atoms with Gasteiger partial charge >= 0.3 is 6.03 Å². The molecule has 0 radical (unpaired) electrons. The predicted octanol–water partition coefficient (Wildman–Crippen LogP) is 3.80. The lowest BCUT2D eigenvalue weighted by atomic mass is 9.49. The molecule has 2 amide bonds. The highest BCUT2D eigenvalue weighted by Crippen LogP contribution is 2.62. The van der Waals surface area contributed by atoms with Crippen molar-refractivity contribution in [1.29, 1.82) is 0 Å². The number of para-hydroxylation sites is 1. The van der Waals surface area contributed by atoms with E-state index in [-0.39, 0.29) is 23.0 Å². The number of amides is 2. The fourth-order valence-corrected chi connectivity index (χ4v) is 7.44. The highest BCUT2D eigenvalue weighted by Gasteiger charge is 2.54. The fourth-order valence-electron chi connectivity index (χ4n) is 7.44. The summed E-state index contributed by atoms with van der Waals surface area (Å²) in [7, 11) is 0. The Hall–Kier alpha value is -3.19. The Balaban J connectivity index is 1.01. The van der Waals surface area contributed by atoms with E-state index in [1.807, 2.05) is 35.2 Å². The van der Waals surface area contributed by atoms with Gasteiger partial charge in [-0.1, -0.05) is 36.4 Å². The van der Waals surface area contributed by atoms with Crippen LogP contribution in [0.4, 0.5) is 10.5 Å². The minimum atomic E-state index is -0.125. The molecule has 2 aromatic carbocycles. The molecule has 2 saturated carbocycles. The molecule has 0 bridgehead atoms. The van der Waals surface area contributed by atoms with E-state index in [1.54, 1.807) is 0 Å². The first-order valence-corrected chi connectivity index (χ1v) is 12.9. The van der Waals surface area contributed by atoms with Gasteiger partial charge in [0.05, 0.1) is 11.1 Å². The number of anilines is 1. The molecular formula is C28H31N5O2. The van der Waals surface area contributed by atoms with Gasteiger partial charge in [0.2, 0.25) is 0 Å². The first-order chi connectivity index (χ1) is 17.1. The maximum atomic E-state index is 13.4. The Morgan fingerprint density at radius 1 is 0.971 bits per heavy atom. The van der Waals surface area contributed by atoms with Crippen LogP contribution in [-0.4, -0.2) is 41.9 Å². The molecule has 7 heteroatoms. The van der Waals surface area contributed by atoms with Crippen LogP contribution in [0.1, 0.15) is 55.7 Å². The number of H-pyrrole nitrogens is 1. The number of nitrogens with one attached hydrogen (secondary N) is 3. The number of nitrogens with zero attached hydrogens (tertiary/aromatic N) is 2. The van der Waals surface area contributed by atoms with Crippen molar-refractivity contribution in [3.05, 3.63) is 70.1 Å². The van der Waals surface area contributed by atoms with E-state index in [9.17, 15) is 9.59 Å². The Kier molecular flexibility index (Phi) is 4.62. The number of carbonyl (C=O) groups is 1. The lowest BCUT2D eigenvalue weighted by molar-refractivity contribution is -0.0175. The largest absolute Gasteiger partial charge is 0.335 e. The summed E-state index contributed by atoms with van der Waals surface area (Å²) in [6.45, 7) is 2.80. The second-order valence-corrected chi connectivity index (χ2v) is 11.3. The van der Waals surface area contributed by atoms with Crippen molar-refractivity contribution in [1.82, 2.24) is 20.8 Å². The van der Waals surface area contributed by atoms with Crippen molar-refractivity contribution < 1.29 is 4.79 Å². The number of hydrogen-bond acceptors (Lipinski definition) is 4. The predicted molar refractivity (Wildman–Crippen MR) is 136 cm³/mol. The van der Waals surface area contributed by atoms with Gasteiger partial charge in [0, 0.05) is 35.0 Å². The minimum absolute atomic E-state index is 0.0527. The van der Waals surface area contributed by atoms with E-state index >= 15 is 0 Å². The number of aromatic amines is 1. The second-order valence-electron chi connectivity index (χ2n) is 11.3. The molecule has 35 heavy (non-hydrogen) atoms. The van der Waals surface area contributed by atoms with Crippen LogP contribution in [0.25, 0.3) is 10.8 Å². The van der Waals surface area contributed by atoms with Crippen molar-refractivity contribution in [3.8, 4) is 0 Å². The van der Waals surface area contributed by atoms with Crippen LogP contribution in [0.5, 0.6) is 0 Å². The van der Waals surface area contributed by atoms with Gasteiger partial charge in [-0.15, -0.1) is 0 Å². The van der Waals surface area contributed by atoms with E-state index in [4.69, 9.17) is 0 Å². The number of aromatic nitrogens is 2. The third-order valence-corrected chi connectivity index (χ3v) is 9.19. The van der Waals surface area contributed by atoms with Gasteiger partial charge in [-0.2, -0.15) is 5.10 Å². The molecule has 3 N–H and O–H groups in total. The number of piperidine rings is 1. The molecule has 1 aromatic heterocycles. The van der Waals surface area contributed by atoms with Gasteiger partial charge in [0.25, 0.3) is 5.56 Å². The maximum Gasteiger partial charge on any atom is 0.322 e. The molecule has 4 aliphatic rings. The van der Waals surface area contributed by atoms with E-state index < -0.39 is 0 Å². The summed E-state index contributed by atoms with van der Waals surface area (Å²) in [5.41, 5.74) is 3.71. The monoisotopic (exact) mass is 469 g/mol. The SMILES string of the molecule is O=C(N[C@H]1CC2(C1)C[C@H](c1n[nH]c(=O)c3ccccc31)C2)N1CC2(CCNCC2)c2ccccc21. The average Bonchev–Trinajstić information content (AvgIpc) is 3.15. The Bertz CT molecular complexity index is 1360. The molecule has 0 unspecified atom stereocenters. The molecule has 0 atom stereocenters. The number of fused-ring (bicyclic) bond motifs is 3. The maximum absolute atomic E-state index is 13.4. The molecule has 7 rings (SSSR count). The lowest BCUT2D eigenvalue weighted by Gasteiger charge is -2.57. The number of urea groups is 1. The van der Waals surface area contributed by atoms with Gasteiger partial charge in [-0.25, -0.2) is 9.89 Å². The number of carbonyl (C=O) groups excluding carboxylic acids is 1. The third-order valence-electron chi connectivity index (χ3n) is 9.19. The van der Waals surface area contributed by atoms with Gasteiger partial charge in [-0.05, 0) is 74.7 Å². The molecule has 3 fully saturated rings. The number of benzene rings is 2. The van der Waals surface area contributed by atoms with Crippen LogP contribution in [0.3, 0.4) is 0 Å². The molecule has 180 valence electrons. The Morgan fingerprint density at radius 3 is 2.49 bits per heavy atom. The van der Waals surface area contributed by atoms with Crippen LogP contribution in [0.15, 0.2) is 53.3 Å². The number of rotatable bonds is 2. The van der Waals surface area contributed by atoms with E-state index in [0.717, 1.165) is 80.3 Å². The summed E-state index contributed by atoms with van der Waals surface area (Å²) < 4.78 is 0. The minimum Gasteiger partial charge on any atom is -0.335 e. The molecule has 3 heterocycles. The standard InChI is InChI=1S/C28H31N5O2/c34-25-21-6-2-1-5-20(21)24(31-32-25)18-13-27(14-18)15-19(16-27)30-26(35)33-17-28(9-11-29-12-10-28)22-7-3-4-8-23(22)33/h1-8,18-19,29H,9-17H2,(H,30,35)(H,32,34)/t18-,19-,27?. The summed E-state index contributed by atoms with van der Waals surface area (Å²) in [5.74, 6) is 0.374. The van der Waals surface area contributed by atoms with Crippen LogP contribution < -0.4 is 21.1 Å². The van der Waals surface area contributed by atoms with E-state index in [1.165, 1.54) is 5.56 Å². The summed E-state index contributed by atoms with van der Waals surface area (Å²) in [6, 6.07) is 16.5. The van der Waals surface area contributed by atoms with Gasteiger partial charge in [0.15, 0.2) is 0 Å². The lowest BCUT2D eigenvalue weighted by Crippen LogP contribution is -2.58. The molecule has 2 spiro atoms. The van der Waals surface area contributed by atoms with Crippen LogP contribution >= 0.6 is 0 Å². The van der Waals surface area contributed by atoms with Crippen LogP contribution in [0, 0.1) is 5.41 Å². The molecule has 2 aliphatic carbocycles. The Labute approximate surface area is 204 Å². The van der Waals surface area contributed by atoms with Crippen molar-refractivity contribution in [2.45, 2.75) is 55.9 Å². The quantitative estimate of drug-likeness (QED) is 0.533. The smallest absolute Gasteiger partial charge is 0.322 e. The summed E-state index contributed by atoms with van der Waals surface area (Å²) >= 11 is 0. The van der Waals surface area contributed by atoms with Crippen molar-refractivity contribution in [2.24, 2.45) is 5.41 Å². The zero-order valence-corrected chi connectivity index (χ0v) is 19.8. The topological polar surface area (TPSA) is 90.1 Å². The summed E-state index contributed by atoms with van der Waals surface area (Å²) in [5, 5.41) is 15.6. The fraction of sp³-hybridized carbons (Fsp3) is 0.464. The second kappa shape index (κ2) is 7.65. The zero-order chi connectivity index (χ0) is 23.6. The molecular weight excluding hydrogens is 438 g/mol. The normalized spacial score (nSPS) is 28.5. The highest BCUT2D eigenvalue weighted by molar-refractivity contribution is 5.95. The molecule has 3 aromatic rings. The van der Waals surface area contributed by atoms with E-state index in [2.05, 4.69) is 39.0 Å². The van der Waals surface area contributed by atoms with Crippen molar-refractivity contribution in [2.75, 3.05) is 24.5 Å². The average molecular weight is 470 g/mol. The van der Waals surface area contributed by atoms with Gasteiger partial charge in [-0.3, -0.25) is 9.69 Å². The zero-order valence-electron chi connectivity index (χ0n) is 19.8.